The third-order valence-electron chi connectivity index (χ3n) is 3.97. The van der Waals surface area contributed by atoms with Crippen LogP contribution < -0.4 is 19.5 Å². The molecule has 1 amide bonds. The Labute approximate surface area is 172 Å². The SMILES string of the molecule is COc1cccc(Oc2ccc(CNC(=O)COc3ccccc3[N+](=O)[O-])cn2)c1. The van der Waals surface area contributed by atoms with Gasteiger partial charge >= 0.3 is 5.69 Å². The van der Waals surface area contributed by atoms with Crippen LogP contribution in [-0.2, 0) is 11.3 Å². The molecule has 3 aromatic rings. The highest BCUT2D eigenvalue weighted by Gasteiger charge is 2.14. The van der Waals surface area contributed by atoms with Crippen LogP contribution in [0.2, 0.25) is 0 Å². The first-order chi connectivity index (χ1) is 14.5. The van der Waals surface area contributed by atoms with Gasteiger partial charge < -0.3 is 19.5 Å². The number of aromatic nitrogens is 1. The van der Waals surface area contributed by atoms with Crippen molar-refractivity contribution in [1.82, 2.24) is 10.3 Å². The normalized spacial score (nSPS) is 10.2. The summed E-state index contributed by atoms with van der Waals surface area (Å²) in [6, 6.07) is 16.5. The lowest BCUT2D eigenvalue weighted by Gasteiger charge is -2.09. The van der Waals surface area contributed by atoms with Crippen molar-refractivity contribution in [2.45, 2.75) is 6.54 Å². The predicted octanol–water partition coefficient (Wildman–Crippen LogP) is 3.49. The Balaban J connectivity index is 1.49. The molecule has 9 nitrogen and oxygen atoms in total. The second kappa shape index (κ2) is 9.87. The minimum Gasteiger partial charge on any atom is -0.497 e. The van der Waals surface area contributed by atoms with Gasteiger partial charge in [0, 0.05) is 30.9 Å². The summed E-state index contributed by atoms with van der Waals surface area (Å²) >= 11 is 0. The molecule has 0 unspecified atom stereocenters. The number of para-hydroxylation sites is 2. The van der Waals surface area contributed by atoms with Gasteiger partial charge in [-0.1, -0.05) is 24.3 Å². The molecule has 154 valence electrons. The number of amides is 1. The third kappa shape index (κ3) is 5.68. The van der Waals surface area contributed by atoms with Crippen LogP contribution in [0, 0.1) is 10.1 Å². The molecule has 0 atom stereocenters. The summed E-state index contributed by atoms with van der Waals surface area (Å²) in [6.07, 6.45) is 1.58. The highest BCUT2D eigenvalue weighted by atomic mass is 16.6. The summed E-state index contributed by atoms with van der Waals surface area (Å²) in [5.41, 5.74) is 0.563. The minimum atomic E-state index is -0.561. The van der Waals surface area contributed by atoms with Crippen LogP contribution in [0.3, 0.4) is 0 Å². The van der Waals surface area contributed by atoms with E-state index in [0.29, 0.717) is 17.4 Å². The molecule has 0 aliphatic rings. The molecule has 0 radical (unpaired) electrons. The second-order valence-electron chi connectivity index (χ2n) is 6.08. The van der Waals surface area contributed by atoms with Gasteiger partial charge in [-0.2, -0.15) is 0 Å². The number of nitrogens with one attached hydrogen (secondary N) is 1. The average molecular weight is 409 g/mol. The molecule has 0 fully saturated rings. The van der Waals surface area contributed by atoms with Gasteiger partial charge in [-0.15, -0.1) is 0 Å². The number of benzene rings is 2. The molecule has 0 saturated heterocycles. The van der Waals surface area contributed by atoms with E-state index in [2.05, 4.69) is 10.3 Å². The van der Waals surface area contributed by atoms with Crippen molar-refractivity contribution in [2.75, 3.05) is 13.7 Å². The molecule has 1 N–H and O–H groups in total. The van der Waals surface area contributed by atoms with Crippen LogP contribution >= 0.6 is 0 Å². The van der Waals surface area contributed by atoms with Gasteiger partial charge in [-0.25, -0.2) is 4.98 Å². The molecule has 0 saturated carbocycles. The van der Waals surface area contributed by atoms with Crippen molar-refractivity contribution in [3.63, 3.8) is 0 Å². The van der Waals surface area contributed by atoms with Crippen LogP contribution in [0.1, 0.15) is 5.56 Å². The smallest absolute Gasteiger partial charge is 0.310 e. The summed E-state index contributed by atoms with van der Waals surface area (Å²) < 4.78 is 16.1. The standard InChI is InChI=1S/C21H19N3O6/c1-28-16-5-4-6-17(11-16)30-21-10-9-15(13-23-21)12-22-20(25)14-29-19-8-3-2-7-18(19)24(26)27/h2-11,13H,12,14H2,1H3,(H,22,25). The highest BCUT2D eigenvalue weighted by Crippen LogP contribution is 2.26. The number of carbonyl (C=O) groups excluding carboxylic acids is 1. The van der Waals surface area contributed by atoms with Crippen molar-refractivity contribution in [3.05, 3.63) is 82.5 Å². The lowest BCUT2D eigenvalue weighted by molar-refractivity contribution is -0.385. The third-order valence-corrected chi connectivity index (χ3v) is 3.97. The molecule has 30 heavy (non-hydrogen) atoms. The Morgan fingerprint density at radius 3 is 2.63 bits per heavy atom. The van der Waals surface area contributed by atoms with Crippen molar-refractivity contribution in [1.29, 1.82) is 0 Å². The number of nitrogens with zero attached hydrogens (tertiary/aromatic N) is 2. The van der Waals surface area contributed by atoms with E-state index in [1.54, 1.807) is 43.6 Å². The van der Waals surface area contributed by atoms with Crippen molar-refractivity contribution < 1.29 is 23.9 Å². The van der Waals surface area contributed by atoms with Crippen molar-refractivity contribution in [3.8, 4) is 23.1 Å². The summed E-state index contributed by atoms with van der Waals surface area (Å²) in [5.74, 6) is 1.30. The predicted molar refractivity (Wildman–Crippen MR) is 108 cm³/mol. The Kier molecular flexibility index (Phi) is 6.78. The zero-order chi connectivity index (χ0) is 21.3. The summed E-state index contributed by atoms with van der Waals surface area (Å²) in [7, 11) is 1.58. The van der Waals surface area contributed by atoms with Crippen LogP contribution in [-0.4, -0.2) is 29.5 Å². The van der Waals surface area contributed by atoms with E-state index >= 15 is 0 Å². The Morgan fingerprint density at radius 1 is 1.10 bits per heavy atom. The monoisotopic (exact) mass is 409 g/mol. The fraction of sp³-hybridized carbons (Fsp3) is 0.143. The molecule has 0 aliphatic heterocycles. The molecule has 9 heteroatoms. The number of hydrogen-bond acceptors (Lipinski definition) is 7. The average Bonchev–Trinajstić information content (AvgIpc) is 2.77. The van der Waals surface area contributed by atoms with Gasteiger partial charge in [0.1, 0.15) is 11.5 Å². The minimum absolute atomic E-state index is 0.0401. The molecule has 1 heterocycles. The van der Waals surface area contributed by atoms with E-state index < -0.39 is 10.8 Å². The van der Waals surface area contributed by atoms with E-state index in [1.165, 1.54) is 18.2 Å². The molecule has 2 aromatic carbocycles. The first-order valence-corrected chi connectivity index (χ1v) is 8.95. The van der Waals surface area contributed by atoms with Crippen LogP contribution in [0.15, 0.2) is 66.9 Å². The first kappa shape index (κ1) is 20.6. The summed E-state index contributed by atoms with van der Waals surface area (Å²) in [5, 5.41) is 13.6. The van der Waals surface area contributed by atoms with Gasteiger partial charge in [0.05, 0.1) is 12.0 Å². The Morgan fingerprint density at radius 2 is 1.90 bits per heavy atom. The molecule has 0 spiro atoms. The Hall–Kier alpha value is -4.14. The zero-order valence-corrected chi connectivity index (χ0v) is 16.1. The van der Waals surface area contributed by atoms with E-state index in [-0.39, 0.29) is 24.6 Å². The van der Waals surface area contributed by atoms with Crippen LogP contribution in [0.25, 0.3) is 0 Å². The Bertz CT molecular complexity index is 1020. The summed E-state index contributed by atoms with van der Waals surface area (Å²) in [6.45, 7) is -0.110. The topological polar surface area (TPSA) is 113 Å². The van der Waals surface area contributed by atoms with Gasteiger partial charge in [-0.3, -0.25) is 14.9 Å². The second-order valence-corrected chi connectivity index (χ2v) is 6.08. The number of nitro groups is 1. The maximum atomic E-state index is 12.0. The van der Waals surface area contributed by atoms with Gasteiger partial charge in [-0.05, 0) is 23.8 Å². The van der Waals surface area contributed by atoms with E-state index in [4.69, 9.17) is 14.2 Å². The van der Waals surface area contributed by atoms with Crippen molar-refractivity contribution in [2.24, 2.45) is 0 Å². The number of carbonyl (C=O) groups is 1. The van der Waals surface area contributed by atoms with Crippen LogP contribution in [0.5, 0.6) is 23.1 Å². The highest BCUT2D eigenvalue weighted by molar-refractivity contribution is 5.77. The molecule has 1 aromatic heterocycles. The van der Waals surface area contributed by atoms with Gasteiger partial charge in [0.25, 0.3) is 5.91 Å². The number of rotatable bonds is 9. The van der Waals surface area contributed by atoms with E-state index in [9.17, 15) is 14.9 Å². The number of ether oxygens (including phenoxy) is 3. The number of methoxy groups -OCH3 is 1. The maximum Gasteiger partial charge on any atom is 0.310 e. The molecule has 0 bridgehead atoms. The zero-order valence-electron chi connectivity index (χ0n) is 16.1. The quantitative estimate of drug-likeness (QED) is 0.425. The largest absolute Gasteiger partial charge is 0.497 e. The van der Waals surface area contributed by atoms with Gasteiger partial charge in [0.2, 0.25) is 5.88 Å². The lowest BCUT2D eigenvalue weighted by Crippen LogP contribution is -2.28. The van der Waals surface area contributed by atoms with E-state index in [1.807, 2.05) is 12.1 Å². The van der Waals surface area contributed by atoms with Crippen LogP contribution in [0.4, 0.5) is 5.69 Å². The summed E-state index contributed by atoms with van der Waals surface area (Å²) in [4.78, 5) is 26.6. The van der Waals surface area contributed by atoms with Gasteiger partial charge in [0.15, 0.2) is 12.4 Å². The molecular weight excluding hydrogens is 390 g/mol. The number of hydrogen-bond donors (Lipinski definition) is 1. The lowest BCUT2D eigenvalue weighted by atomic mass is 10.3. The molecule has 0 aliphatic carbocycles. The van der Waals surface area contributed by atoms with E-state index in [0.717, 1.165) is 5.56 Å². The fourth-order valence-electron chi connectivity index (χ4n) is 2.49. The first-order valence-electron chi connectivity index (χ1n) is 8.95. The van der Waals surface area contributed by atoms with Crippen molar-refractivity contribution >= 4 is 11.6 Å². The maximum absolute atomic E-state index is 12.0. The molecule has 3 rings (SSSR count). The number of pyridine rings is 1. The fourth-order valence-corrected chi connectivity index (χ4v) is 2.49. The molecular formula is C21H19N3O6. The number of nitro benzene ring substituents is 1.